The van der Waals surface area contributed by atoms with E-state index in [1.54, 1.807) is 0 Å². The first-order valence-electron chi connectivity index (χ1n) is 10.3. The number of carbonyl (C=O) groups is 1. The van der Waals surface area contributed by atoms with Crippen LogP contribution in [0.4, 0.5) is 16.2 Å². The molecule has 0 radical (unpaired) electrons. The van der Waals surface area contributed by atoms with Gasteiger partial charge in [-0.2, -0.15) is 0 Å². The van der Waals surface area contributed by atoms with Gasteiger partial charge in [-0.1, -0.05) is 42.5 Å². The van der Waals surface area contributed by atoms with Crippen LogP contribution in [0.25, 0.3) is 0 Å². The molecule has 2 heterocycles. The zero-order chi connectivity index (χ0) is 19.3. The Morgan fingerprint density at radius 2 is 1.75 bits per heavy atom. The molecular formula is C23H30N4O. The van der Waals surface area contributed by atoms with Gasteiger partial charge in [0, 0.05) is 32.7 Å². The summed E-state index contributed by atoms with van der Waals surface area (Å²) in [4.78, 5) is 19.6. The quantitative estimate of drug-likeness (QED) is 0.854. The van der Waals surface area contributed by atoms with Crippen molar-refractivity contribution in [1.29, 1.82) is 0 Å². The van der Waals surface area contributed by atoms with E-state index in [2.05, 4.69) is 52.5 Å². The highest BCUT2D eigenvalue weighted by atomic mass is 16.2. The molecule has 0 bridgehead atoms. The molecule has 0 spiro atoms. The van der Waals surface area contributed by atoms with Crippen molar-refractivity contribution in [2.24, 2.45) is 0 Å². The summed E-state index contributed by atoms with van der Waals surface area (Å²) in [6, 6.07) is 19.0. The number of para-hydroxylation sites is 2. The largest absolute Gasteiger partial charge is 0.369 e. The molecule has 2 saturated heterocycles. The average molecular weight is 379 g/mol. The third-order valence-electron chi connectivity index (χ3n) is 5.93. The fourth-order valence-electron chi connectivity index (χ4n) is 4.38. The minimum atomic E-state index is 0.0160. The molecule has 0 saturated carbocycles. The summed E-state index contributed by atoms with van der Waals surface area (Å²) in [5.41, 5.74) is 3.16. The van der Waals surface area contributed by atoms with Crippen molar-refractivity contribution < 1.29 is 4.79 Å². The third kappa shape index (κ3) is 4.30. The highest BCUT2D eigenvalue weighted by Crippen LogP contribution is 2.27. The van der Waals surface area contributed by atoms with E-state index in [1.807, 2.05) is 29.2 Å². The Hall–Kier alpha value is -2.53. The van der Waals surface area contributed by atoms with Crippen LogP contribution in [-0.2, 0) is 6.54 Å². The molecule has 148 valence electrons. The standard InChI is InChI=1S/C23H30N4O/c1-25(17-19-9-3-2-4-10-19)22-12-6-5-11-21(22)24-23(28)27-16-13-20(18-27)26-14-7-8-15-26/h2-6,9-12,20H,7-8,13-18H2,1H3,(H,24,28). The van der Waals surface area contributed by atoms with Gasteiger partial charge < -0.3 is 15.1 Å². The number of hydrogen-bond acceptors (Lipinski definition) is 3. The fourth-order valence-corrected chi connectivity index (χ4v) is 4.38. The molecule has 2 aromatic rings. The Bertz CT molecular complexity index is 788. The fraction of sp³-hybridized carbons (Fsp3) is 0.435. The summed E-state index contributed by atoms with van der Waals surface area (Å²) in [6.45, 7) is 4.86. The molecular weight excluding hydrogens is 348 g/mol. The zero-order valence-electron chi connectivity index (χ0n) is 16.7. The molecule has 2 aliphatic heterocycles. The van der Waals surface area contributed by atoms with Gasteiger partial charge in [-0.3, -0.25) is 4.90 Å². The summed E-state index contributed by atoms with van der Waals surface area (Å²) >= 11 is 0. The van der Waals surface area contributed by atoms with Crippen LogP contribution in [-0.4, -0.2) is 55.1 Å². The maximum absolute atomic E-state index is 12.9. The maximum atomic E-state index is 12.9. The first-order chi connectivity index (χ1) is 13.7. The second-order valence-corrected chi connectivity index (χ2v) is 7.92. The summed E-state index contributed by atoms with van der Waals surface area (Å²) < 4.78 is 0. The van der Waals surface area contributed by atoms with E-state index in [9.17, 15) is 4.79 Å². The maximum Gasteiger partial charge on any atom is 0.321 e. The number of hydrogen-bond donors (Lipinski definition) is 1. The number of amides is 2. The summed E-state index contributed by atoms with van der Waals surface area (Å²) in [7, 11) is 2.07. The summed E-state index contributed by atoms with van der Waals surface area (Å²) in [5.74, 6) is 0. The van der Waals surface area contributed by atoms with E-state index >= 15 is 0 Å². The van der Waals surface area contributed by atoms with Gasteiger partial charge in [0.25, 0.3) is 0 Å². The minimum absolute atomic E-state index is 0.0160. The Labute approximate surface area is 167 Å². The van der Waals surface area contributed by atoms with E-state index in [-0.39, 0.29) is 6.03 Å². The predicted molar refractivity (Wildman–Crippen MR) is 115 cm³/mol. The van der Waals surface area contributed by atoms with Crippen molar-refractivity contribution in [3.8, 4) is 0 Å². The van der Waals surface area contributed by atoms with Gasteiger partial charge in [0.15, 0.2) is 0 Å². The number of urea groups is 1. The second-order valence-electron chi connectivity index (χ2n) is 7.92. The van der Waals surface area contributed by atoms with E-state index in [1.165, 1.54) is 31.5 Å². The number of benzene rings is 2. The lowest BCUT2D eigenvalue weighted by Crippen LogP contribution is -2.38. The topological polar surface area (TPSA) is 38.8 Å². The summed E-state index contributed by atoms with van der Waals surface area (Å²) in [5, 5.41) is 3.16. The van der Waals surface area contributed by atoms with Gasteiger partial charge in [-0.25, -0.2) is 4.79 Å². The Balaban J connectivity index is 1.40. The van der Waals surface area contributed by atoms with Crippen molar-refractivity contribution in [2.45, 2.75) is 31.8 Å². The number of likely N-dealkylation sites (tertiary alicyclic amines) is 2. The molecule has 2 aliphatic rings. The molecule has 28 heavy (non-hydrogen) atoms. The van der Waals surface area contributed by atoms with Gasteiger partial charge in [0.05, 0.1) is 11.4 Å². The number of carbonyl (C=O) groups excluding carboxylic acids is 1. The number of anilines is 2. The van der Waals surface area contributed by atoms with Gasteiger partial charge >= 0.3 is 6.03 Å². The molecule has 2 amide bonds. The second kappa shape index (κ2) is 8.65. The van der Waals surface area contributed by atoms with Gasteiger partial charge in [-0.15, -0.1) is 0 Å². The Morgan fingerprint density at radius 1 is 1.04 bits per heavy atom. The van der Waals surface area contributed by atoms with Crippen LogP contribution in [0.1, 0.15) is 24.8 Å². The molecule has 4 rings (SSSR count). The number of nitrogens with zero attached hydrogens (tertiary/aromatic N) is 3. The van der Waals surface area contributed by atoms with Crippen LogP contribution < -0.4 is 10.2 Å². The normalized spacial score (nSPS) is 19.8. The number of rotatable bonds is 5. The molecule has 2 aromatic carbocycles. The van der Waals surface area contributed by atoms with Crippen LogP contribution in [0.2, 0.25) is 0 Å². The highest BCUT2D eigenvalue weighted by molar-refractivity contribution is 5.93. The number of nitrogens with one attached hydrogen (secondary N) is 1. The molecule has 1 N–H and O–H groups in total. The summed E-state index contributed by atoms with van der Waals surface area (Å²) in [6.07, 6.45) is 3.68. The van der Waals surface area contributed by atoms with Crippen LogP contribution in [0.5, 0.6) is 0 Å². The molecule has 0 aliphatic carbocycles. The van der Waals surface area contributed by atoms with Gasteiger partial charge in [0.1, 0.15) is 0 Å². The van der Waals surface area contributed by atoms with Crippen molar-refractivity contribution in [2.75, 3.05) is 43.4 Å². The molecule has 2 fully saturated rings. The van der Waals surface area contributed by atoms with Gasteiger partial charge in [0.2, 0.25) is 0 Å². The average Bonchev–Trinajstić information content (AvgIpc) is 3.41. The molecule has 1 unspecified atom stereocenters. The molecule has 1 atom stereocenters. The zero-order valence-corrected chi connectivity index (χ0v) is 16.7. The SMILES string of the molecule is CN(Cc1ccccc1)c1ccccc1NC(=O)N1CCC(N2CCCC2)C1. The highest BCUT2D eigenvalue weighted by Gasteiger charge is 2.31. The van der Waals surface area contributed by atoms with Crippen molar-refractivity contribution in [3.05, 3.63) is 60.2 Å². The van der Waals surface area contributed by atoms with Crippen LogP contribution in [0, 0.1) is 0 Å². The molecule has 5 heteroatoms. The monoisotopic (exact) mass is 378 g/mol. The lowest BCUT2D eigenvalue weighted by molar-refractivity contribution is 0.210. The predicted octanol–water partition coefficient (Wildman–Crippen LogP) is 4.03. The van der Waals surface area contributed by atoms with E-state index < -0.39 is 0 Å². The van der Waals surface area contributed by atoms with Crippen molar-refractivity contribution >= 4 is 17.4 Å². The van der Waals surface area contributed by atoms with Crippen molar-refractivity contribution in [3.63, 3.8) is 0 Å². The smallest absolute Gasteiger partial charge is 0.321 e. The molecule has 0 aromatic heterocycles. The first kappa shape index (κ1) is 18.8. The van der Waals surface area contributed by atoms with Crippen LogP contribution >= 0.6 is 0 Å². The minimum Gasteiger partial charge on any atom is -0.369 e. The lowest BCUT2D eigenvalue weighted by atomic mass is 10.2. The van der Waals surface area contributed by atoms with Crippen LogP contribution in [0.3, 0.4) is 0 Å². The van der Waals surface area contributed by atoms with E-state index in [0.29, 0.717) is 6.04 Å². The van der Waals surface area contributed by atoms with Crippen LogP contribution in [0.15, 0.2) is 54.6 Å². The Kier molecular flexibility index (Phi) is 5.81. The third-order valence-corrected chi connectivity index (χ3v) is 5.93. The van der Waals surface area contributed by atoms with Gasteiger partial charge in [-0.05, 0) is 50.0 Å². The lowest BCUT2D eigenvalue weighted by Gasteiger charge is -2.25. The first-order valence-corrected chi connectivity index (χ1v) is 10.3. The Morgan fingerprint density at radius 3 is 2.54 bits per heavy atom. The van der Waals surface area contributed by atoms with E-state index in [0.717, 1.165) is 37.4 Å². The van der Waals surface area contributed by atoms with E-state index in [4.69, 9.17) is 0 Å². The van der Waals surface area contributed by atoms with Crippen molar-refractivity contribution in [1.82, 2.24) is 9.80 Å². The molecule has 5 nitrogen and oxygen atoms in total.